The molecule has 1 heterocycles. The number of rotatable bonds is 8. The van der Waals surface area contributed by atoms with Crippen LogP contribution in [0, 0.1) is 18.8 Å². The summed E-state index contributed by atoms with van der Waals surface area (Å²) in [5.41, 5.74) is 0.978. The fourth-order valence-electron chi connectivity index (χ4n) is 1.84. The quantitative estimate of drug-likeness (QED) is 0.627. The van der Waals surface area contributed by atoms with E-state index in [4.69, 9.17) is 0 Å². The first kappa shape index (κ1) is 19.1. The minimum absolute atomic E-state index is 0.444. The van der Waals surface area contributed by atoms with Gasteiger partial charge in [-0.05, 0) is 59.2 Å². The van der Waals surface area contributed by atoms with Crippen LogP contribution in [0.1, 0.15) is 46.1 Å². The van der Waals surface area contributed by atoms with Crippen LogP contribution < -0.4 is 0 Å². The molecule has 1 rings (SSSR count). The number of sulfonamides is 1. The largest absolute Gasteiger partial charge is 0.252 e. The number of nitrogens with zero attached hydrogens (tertiary/aromatic N) is 1. The van der Waals surface area contributed by atoms with Crippen LogP contribution in [0.25, 0.3) is 0 Å². The van der Waals surface area contributed by atoms with Crippen LogP contribution in [0.15, 0.2) is 14.1 Å². The highest BCUT2D eigenvalue weighted by atomic mass is 79.9. The van der Waals surface area contributed by atoms with Gasteiger partial charge in [0.15, 0.2) is 0 Å². The van der Waals surface area contributed by atoms with Gasteiger partial charge < -0.3 is 0 Å². The molecule has 0 aliphatic rings. The third kappa shape index (κ3) is 5.66. The fourth-order valence-corrected chi connectivity index (χ4v) is 5.69. The van der Waals surface area contributed by atoms with E-state index >= 15 is 0 Å². The summed E-state index contributed by atoms with van der Waals surface area (Å²) in [6, 6.07) is 1.77. The number of aryl methyl sites for hydroxylation is 1. The number of thiophene rings is 1. The highest BCUT2D eigenvalue weighted by Crippen LogP contribution is 2.32. The van der Waals surface area contributed by atoms with E-state index in [9.17, 15) is 8.42 Å². The van der Waals surface area contributed by atoms with Crippen LogP contribution in [0.5, 0.6) is 0 Å². The van der Waals surface area contributed by atoms with Crippen molar-refractivity contribution in [1.29, 1.82) is 0 Å². The third-order valence-corrected chi connectivity index (χ3v) is 7.82. The lowest BCUT2D eigenvalue weighted by molar-refractivity contribution is 0.358. The van der Waals surface area contributed by atoms with Crippen molar-refractivity contribution >= 4 is 37.3 Å². The molecular formula is C15H26BrNO2S2. The lowest BCUT2D eigenvalue weighted by Crippen LogP contribution is -2.33. The highest BCUT2D eigenvalue weighted by Gasteiger charge is 2.26. The zero-order valence-electron chi connectivity index (χ0n) is 13.5. The molecule has 0 N–H and O–H groups in total. The Morgan fingerprint density at radius 2 is 1.62 bits per heavy atom. The van der Waals surface area contributed by atoms with Crippen molar-refractivity contribution in [3.8, 4) is 0 Å². The van der Waals surface area contributed by atoms with E-state index in [2.05, 4.69) is 43.6 Å². The molecule has 0 saturated heterocycles. The van der Waals surface area contributed by atoms with Crippen LogP contribution in [-0.4, -0.2) is 25.8 Å². The van der Waals surface area contributed by atoms with Crippen molar-refractivity contribution in [3.63, 3.8) is 0 Å². The van der Waals surface area contributed by atoms with Gasteiger partial charge in [0, 0.05) is 13.1 Å². The van der Waals surface area contributed by atoms with Gasteiger partial charge in [-0.15, -0.1) is 11.3 Å². The Morgan fingerprint density at radius 3 is 1.95 bits per heavy atom. The van der Waals surface area contributed by atoms with E-state index in [1.54, 1.807) is 10.4 Å². The number of hydrogen-bond donors (Lipinski definition) is 0. The molecule has 0 aliphatic heterocycles. The van der Waals surface area contributed by atoms with Gasteiger partial charge in [-0.25, -0.2) is 8.42 Å². The number of halogens is 1. The molecule has 0 bridgehead atoms. The first-order valence-electron chi connectivity index (χ1n) is 7.40. The lowest BCUT2D eigenvalue weighted by Gasteiger charge is -2.23. The van der Waals surface area contributed by atoms with Crippen molar-refractivity contribution < 1.29 is 8.42 Å². The summed E-state index contributed by atoms with van der Waals surface area (Å²) in [7, 11) is -3.37. The minimum atomic E-state index is -3.37. The molecule has 0 unspecified atom stereocenters. The van der Waals surface area contributed by atoms with Gasteiger partial charge >= 0.3 is 0 Å². The molecule has 3 nitrogen and oxygen atoms in total. The van der Waals surface area contributed by atoms with E-state index in [1.165, 1.54) is 11.3 Å². The van der Waals surface area contributed by atoms with Gasteiger partial charge in [0.05, 0.1) is 3.79 Å². The average Bonchev–Trinajstić information content (AvgIpc) is 2.69. The lowest BCUT2D eigenvalue weighted by atomic mass is 10.1. The monoisotopic (exact) mass is 395 g/mol. The molecule has 0 aliphatic carbocycles. The third-order valence-electron chi connectivity index (χ3n) is 3.34. The molecule has 21 heavy (non-hydrogen) atoms. The van der Waals surface area contributed by atoms with Gasteiger partial charge in [-0.3, -0.25) is 0 Å². The Hall–Kier alpha value is 0.0900. The molecule has 0 saturated carbocycles. The van der Waals surface area contributed by atoms with Crippen LogP contribution >= 0.6 is 27.3 Å². The standard InChI is InChI=1S/C15H26BrNO2S2/c1-11(2)6-8-17(9-7-12(3)4)21(18,19)14-10-13(5)15(16)20-14/h10-12H,6-9H2,1-5H3. The normalized spacial score (nSPS) is 12.8. The molecule has 0 radical (unpaired) electrons. The number of hydrogen-bond acceptors (Lipinski definition) is 3. The second-order valence-electron chi connectivity index (χ2n) is 6.29. The zero-order chi connectivity index (χ0) is 16.2. The summed E-state index contributed by atoms with van der Waals surface area (Å²) in [4.78, 5) is 0. The van der Waals surface area contributed by atoms with Gasteiger partial charge in [-0.1, -0.05) is 27.7 Å². The van der Waals surface area contributed by atoms with Crippen molar-refractivity contribution in [2.45, 2.75) is 51.7 Å². The Bertz CT molecular complexity index is 519. The molecular weight excluding hydrogens is 370 g/mol. The van der Waals surface area contributed by atoms with Crippen molar-refractivity contribution in [3.05, 3.63) is 15.4 Å². The smallest absolute Gasteiger partial charge is 0.206 e. The fraction of sp³-hybridized carbons (Fsp3) is 0.733. The molecule has 0 spiro atoms. The first-order valence-corrected chi connectivity index (χ1v) is 10.5. The first-order chi connectivity index (χ1) is 9.64. The van der Waals surface area contributed by atoms with Crippen molar-refractivity contribution in [1.82, 2.24) is 4.31 Å². The van der Waals surface area contributed by atoms with Crippen LogP contribution in [0.4, 0.5) is 0 Å². The maximum atomic E-state index is 12.8. The summed E-state index contributed by atoms with van der Waals surface area (Å²) < 4.78 is 28.7. The summed E-state index contributed by atoms with van der Waals surface area (Å²) >= 11 is 4.72. The van der Waals surface area contributed by atoms with Crippen molar-refractivity contribution in [2.75, 3.05) is 13.1 Å². The predicted octanol–water partition coefficient (Wildman–Crippen LogP) is 4.90. The topological polar surface area (TPSA) is 37.4 Å². The summed E-state index contributed by atoms with van der Waals surface area (Å²) in [5, 5.41) is 0. The summed E-state index contributed by atoms with van der Waals surface area (Å²) in [5.74, 6) is 0.997. The van der Waals surface area contributed by atoms with Gasteiger partial charge in [0.1, 0.15) is 4.21 Å². The van der Waals surface area contributed by atoms with Crippen LogP contribution in [0.3, 0.4) is 0 Å². The van der Waals surface area contributed by atoms with E-state index in [-0.39, 0.29) is 0 Å². The molecule has 0 aromatic carbocycles. The Labute approximate surface area is 141 Å². The van der Waals surface area contributed by atoms with Crippen LogP contribution in [-0.2, 0) is 10.0 Å². The second-order valence-corrected chi connectivity index (χ2v) is 10.8. The summed E-state index contributed by atoms with van der Waals surface area (Å²) in [6.45, 7) is 11.6. The average molecular weight is 396 g/mol. The van der Waals surface area contributed by atoms with E-state index in [0.29, 0.717) is 29.1 Å². The Morgan fingerprint density at radius 1 is 1.14 bits per heavy atom. The second kappa shape index (κ2) is 8.09. The minimum Gasteiger partial charge on any atom is -0.206 e. The molecule has 0 amide bonds. The Balaban J connectivity index is 2.98. The molecule has 122 valence electrons. The Kier molecular flexibility index (Phi) is 7.37. The van der Waals surface area contributed by atoms with E-state index in [1.807, 2.05) is 6.92 Å². The SMILES string of the molecule is Cc1cc(S(=O)(=O)N(CCC(C)C)CCC(C)C)sc1Br. The van der Waals surface area contributed by atoms with E-state index < -0.39 is 10.0 Å². The molecule has 0 fully saturated rings. The predicted molar refractivity (Wildman–Crippen MR) is 94.4 cm³/mol. The van der Waals surface area contributed by atoms with Gasteiger partial charge in [0.25, 0.3) is 10.0 Å². The molecule has 6 heteroatoms. The van der Waals surface area contributed by atoms with E-state index in [0.717, 1.165) is 22.2 Å². The summed E-state index contributed by atoms with van der Waals surface area (Å²) in [6.07, 6.45) is 1.78. The molecule has 1 aromatic rings. The molecule has 1 aromatic heterocycles. The maximum absolute atomic E-state index is 12.8. The molecule has 0 atom stereocenters. The maximum Gasteiger partial charge on any atom is 0.252 e. The zero-order valence-corrected chi connectivity index (χ0v) is 16.7. The van der Waals surface area contributed by atoms with Crippen LogP contribution in [0.2, 0.25) is 0 Å². The van der Waals surface area contributed by atoms with Gasteiger partial charge in [0.2, 0.25) is 0 Å². The van der Waals surface area contributed by atoms with Gasteiger partial charge in [-0.2, -0.15) is 4.31 Å². The highest BCUT2D eigenvalue weighted by molar-refractivity contribution is 9.11. The van der Waals surface area contributed by atoms with Crippen molar-refractivity contribution in [2.24, 2.45) is 11.8 Å².